The van der Waals surface area contributed by atoms with E-state index in [1.165, 1.54) is 0 Å². The minimum Gasteiger partial charge on any atom is -0.481 e. The fourth-order valence-electron chi connectivity index (χ4n) is 2.23. The summed E-state index contributed by atoms with van der Waals surface area (Å²) in [6.07, 6.45) is 1.15. The maximum absolute atomic E-state index is 12.0. The molecule has 2 aromatic rings. The zero-order valence-corrected chi connectivity index (χ0v) is 11.7. The number of para-hydroxylation sites is 1. The summed E-state index contributed by atoms with van der Waals surface area (Å²) in [6.45, 7) is -0.814. The molecule has 7 heteroatoms. The van der Waals surface area contributed by atoms with Gasteiger partial charge in [-0.2, -0.15) is 0 Å². The third-order valence-corrected chi connectivity index (χ3v) is 3.28. The number of hydrogen-bond donors (Lipinski definition) is 4. The molecule has 22 heavy (non-hydrogen) atoms. The maximum atomic E-state index is 12.0. The van der Waals surface area contributed by atoms with E-state index in [0.29, 0.717) is 0 Å². The number of Topliss-reactive ketones (excluding diaryl/α,β-unsaturated/α-hetero) is 1. The Morgan fingerprint density at radius 3 is 2.64 bits per heavy atom. The van der Waals surface area contributed by atoms with Gasteiger partial charge in [0.15, 0.2) is 5.78 Å². The van der Waals surface area contributed by atoms with Crippen LogP contribution < -0.4 is 5.32 Å². The van der Waals surface area contributed by atoms with Gasteiger partial charge in [-0.25, -0.2) is 0 Å². The van der Waals surface area contributed by atoms with Gasteiger partial charge in [-0.1, -0.05) is 18.2 Å². The van der Waals surface area contributed by atoms with E-state index in [0.717, 1.165) is 16.5 Å². The monoisotopic (exact) mass is 304 g/mol. The second-order valence-corrected chi connectivity index (χ2v) is 4.88. The first-order chi connectivity index (χ1) is 10.5. The number of rotatable bonds is 7. The molecule has 0 aliphatic heterocycles. The van der Waals surface area contributed by atoms with Gasteiger partial charge in [0.25, 0.3) is 0 Å². The quantitative estimate of drug-likeness (QED) is 0.584. The van der Waals surface area contributed by atoms with Crippen molar-refractivity contribution in [1.29, 1.82) is 0 Å². The van der Waals surface area contributed by atoms with Crippen LogP contribution in [0.25, 0.3) is 10.9 Å². The number of aliphatic hydroxyl groups excluding tert-OH is 1. The summed E-state index contributed by atoms with van der Waals surface area (Å²) in [7, 11) is 0. The first-order valence-electron chi connectivity index (χ1n) is 6.71. The standard InChI is InChI=1S/C15H16N2O5/c18-8-13(19)12(6-15(21)22)17-14(20)5-9-7-16-11-4-2-1-3-10(9)11/h1-4,7,12,16,18H,5-6,8H2,(H,17,20)(H,21,22)/t12-/m0/s1. The minimum absolute atomic E-state index is 0.0127. The number of aromatic nitrogens is 1. The van der Waals surface area contributed by atoms with Gasteiger partial charge in [0, 0.05) is 17.1 Å². The number of fused-ring (bicyclic) bond motifs is 1. The third kappa shape index (κ3) is 3.70. The molecule has 4 N–H and O–H groups in total. The highest BCUT2D eigenvalue weighted by Crippen LogP contribution is 2.18. The van der Waals surface area contributed by atoms with Crippen LogP contribution in [0.15, 0.2) is 30.5 Å². The Balaban J connectivity index is 2.07. The van der Waals surface area contributed by atoms with Crippen LogP contribution >= 0.6 is 0 Å². The number of amides is 1. The Labute approximate surface area is 125 Å². The summed E-state index contributed by atoms with van der Waals surface area (Å²) in [5.41, 5.74) is 1.64. The number of carbonyl (C=O) groups excluding carboxylic acids is 2. The number of carboxylic acids is 1. The Bertz CT molecular complexity index is 707. The SMILES string of the molecule is O=C(O)C[C@H](NC(=O)Cc1c[nH]c2ccccc12)C(=O)CO. The van der Waals surface area contributed by atoms with Crippen molar-refractivity contribution in [2.75, 3.05) is 6.61 Å². The first-order valence-corrected chi connectivity index (χ1v) is 6.71. The number of aromatic amines is 1. The normalized spacial score (nSPS) is 12.0. The Hall–Kier alpha value is -2.67. The van der Waals surface area contributed by atoms with Gasteiger partial charge in [-0.05, 0) is 11.6 Å². The number of nitrogens with one attached hydrogen (secondary N) is 2. The van der Waals surface area contributed by atoms with Crippen molar-refractivity contribution in [1.82, 2.24) is 10.3 Å². The number of aliphatic hydroxyl groups is 1. The van der Waals surface area contributed by atoms with Gasteiger partial charge in [0.1, 0.15) is 12.6 Å². The average Bonchev–Trinajstić information content (AvgIpc) is 2.88. The topological polar surface area (TPSA) is 119 Å². The smallest absolute Gasteiger partial charge is 0.305 e. The highest BCUT2D eigenvalue weighted by Gasteiger charge is 2.23. The van der Waals surface area contributed by atoms with Crippen LogP contribution in [-0.2, 0) is 20.8 Å². The fourth-order valence-corrected chi connectivity index (χ4v) is 2.23. The van der Waals surface area contributed by atoms with Gasteiger partial charge in [-0.15, -0.1) is 0 Å². The first kappa shape index (κ1) is 15.7. The molecule has 1 aromatic heterocycles. The maximum Gasteiger partial charge on any atom is 0.305 e. The van der Waals surface area contributed by atoms with Crippen LogP contribution in [0.5, 0.6) is 0 Å². The summed E-state index contributed by atoms with van der Waals surface area (Å²) < 4.78 is 0. The van der Waals surface area contributed by atoms with Crippen molar-refractivity contribution in [2.24, 2.45) is 0 Å². The van der Waals surface area contributed by atoms with Crippen molar-refractivity contribution in [3.05, 3.63) is 36.0 Å². The second kappa shape index (κ2) is 6.86. The van der Waals surface area contributed by atoms with Crippen molar-refractivity contribution >= 4 is 28.6 Å². The third-order valence-electron chi connectivity index (χ3n) is 3.28. The predicted octanol–water partition coefficient (Wildman–Crippen LogP) is 0.231. The van der Waals surface area contributed by atoms with E-state index in [-0.39, 0.29) is 6.42 Å². The van der Waals surface area contributed by atoms with E-state index in [1.54, 1.807) is 6.20 Å². The summed E-state index contributed by atoms with van der Waals surface area (Å²) in [5.74, 6) is -2.42. The van der Waals surface area contributed by atoms with Gasteiger partial charge >= 0.3 is 5.97 Å². The van der Waals surface area contributed by atoms with Gasteiger partial charge < -0.3 is 20.5 Å². The Morgan fingerprint density at radius 1 is 1.23 bits per heavy atom. The minimum atomic E-state index is -1.22. The number of carboxylic acid groups (broad SMARTS) is 1. The molecule has 0 radical (unpaired) electrons. The molecule has 2 rings (SSSR count). The summed E-state index contributed by atoms with van der Waals surface area (Å²) in [6, 6.07) is 6.23. The van der Waals surface area contributed by atoms with Gasteiger partial charge in [0.2, 0.25) is 5.91 Å². The summed E-state index contributed by atoms with van der Waals surface area (Å²) in [4.78, 5) is 37.2. The summed E-state index contributed by atoms with van der Waals surface area (Å²) in [5, 5.41) is 20.8. The average molecular weight is 304 g/mol. The molecule has 1 atom stereocenters. The van der Waals surface area contributed by atoms with E-state index in [1.807, 2.05) is 24.3 Å². The highest BCUT2D eigenvalue weighted by atomic mass is 16.4. The molecule has 1 aromatic carbocycles. The largest absolute Gasteiger partial charge is 0.481 e. The molecule has 0 aliphatic carbocycles. The molecular weight excluding hydrogens is 288 g/mol. The van der Waals surface area contributed by atoms with Crippen molar-refractivity contribution in [3.8, 4) is 0 Å². The fraction of sp³-hybridized carbons (Fsp3) is 0.267. The van der Waals surface area contributed by atoms with Gasteiger partial charge in [-0.3, -0.25) is 14.4 Å². The lowest BCUT2D eigenvalue weighted by atomic mass is 10.1. The van der Waals surface area contributed by atoms with Crippen LogP contribution in [0.4, 0.5) is 0 Å². The molecular formula is C15H16N2O5. The van der Waals surface area contributed by atoms with Crippen LogP contribution in [0.2, 0.25) is 0 Å². The number of aliphatic carboxylic acids is 1. The number of hydrogen-bond acceptors (Lipinski definition) is 4. The zero-order valence-electron chi connectivity index (χ0n) is 11.7. The molecule has 0 saturated carbocycles. The molecule has 1 heterocycles. The second-order valence-electron chi connectivity index (χ2n) is 4.88. The predicted molar refractivity (Wildman–Crippen MR) is 78.3 cm³/mol. The lowest BCUT2D eigenvalue weighted by molar-refractivity contribution is -0.140. The molecule has 0 saturated heterocycles. The van der Waals surface area contributed by atoms with Crippen molar-refractivity contribution in [2.45, 2.75) is 18.9 Å². The van der Waals surface area contributed by atoms with E-state index in [2.05, 4.69) is 10.3 Å². The number of carbonyl (C=O) groups is 3. The summed E-state index contributed by atoms with van der Waals surface area (Å²) >= 11 is 0. The Morgan fingerprint density at radius 2 is 1.95 bits per heavy atom. The van der Waals surface area contributed by atoms with Crippen LogP contribution in [0.3, 0.4) is 0 Å². The van der Waals surface area contributed by atoms with Crippen molar-refractivity contribution < 1.29 is 24.6 Å². The molecule has 0 fully saturated rings. The lowest BCUT2D eigenvalue weighted by Crippen LogP contribution is -2.44. The van der Waals surface area contributed by atoms with E-state index >= 15 is 0 Å². The van der Waals surface area contributed by atoms with Crippen LogP contribution in [0.1, 0.15) is 12.0 Å². The number of benzene rings is 1. The van der Waals surface area contributed by atoms with E-state index in [4.69, 9.17) is 10.2 Å². The molecule has 7 nitrogen and oxygen atoms in total. The molecule has 116 valence electrons. The number of ketones is 1. The van der Waals surface area contributed by atoms with Crippen LogP contribution in [-0.4, -0.2) is 45.5 Å². The van der Waals surface area contributed by atoms with Crippen LogP contribution in [0, 0.1) is 0 Å². The molecule has 0 unspecified atom stereocenters. The van der Waals surface area contributed by atoms with Crippen molar-refractivity contribution in [3.63, 3.8) is 0 Å². The van der Waals surface area contributed by atoms with E-state index in [9.17, 15) is 14.4 Å². The number of H-pyrrole nitrogens is 1. The Kier molecular flexibility index (Phi) is 4.90. The molecule has 0 spiro atoms. The molecule has 0 aliphatic rings. The lowest BCUT2D eigenvalue weighted by Gasteiger charge is -2.14. The van der Waals surface area contributed by atoms with Gasteiger partial charge in [0.05, 0.1) is 12.8 Å². The zero-order chi connectivity index (χ0) is 16.1. The molecule has 0 bridgehead atoms. The van der Waals surface area contributed by atoms with E-state index < -0.39 is 36.7 Å². The highest BCUT2D eigenvalue weighted by molar-refractivity contribution is 5.94. The molecule has 1 amide bonds.